The lowest BCUT2D eigenvalue weighted by atomic mass is 10.0. The van der Waals surface area contributed by atoms with Crippen LogP contribution in [0.15, 0.2) is 6.20 Å². The summed E-state index contributed by atoms with van der Waals surface area (Å²) >= 11 is 0. The predicted octanol–water partition coefficient (Wildman–Crippen LogP) is 2.26. The van der Waals surface area contributed by atoms with Crippen molar-refractivity contribution in [1.82, 2.24) is 15.0 Å². The van der Waals surface area contributed by atoms with E-state index >= 15 is 0 Å². The van der Waals surface area contributed by atoms with Crippen LogP contribution in [0.3, 0.4) is 0 Å². The molecule has 0 aliphatic rings. The maximum atomic E-state index is 11.6. The van der Waals surface area contributed by atoms with Crippen LogP contribution in [0.5, 0.6) is 0 Å². The Hall–Kier alpha value is -1.35. The third-order valence-corrected chi connectivity index (χ3v) is 3.97. The number of hydrogen-bond acceptors (Lipinski definition) is 7. The van der Waals surface area contributed by atoms with Crippen LogP contribution in [-0.2, 0) is 36.9 Å². The van der Waals surface area contributed by atoms with Crippen molar-refractivity contribution in [1.29, 1.82) is 0 Å². The quantitative estimate of drug-likeness (QED) is 0.358. The van der Waals surface area contributed by atoms with E-state index in [2.05, 4.69) is 10.3 Å². The molecule has 0 radical (unpaired) electrons. The Morgan fingerprint density at radius 2 is 1.67 bits per heavy atom. The largest absolute Gasteiger partial charge is 0.382 e. The number of aryl methyl sites for hydroxylation is 1. The van der Waals surface area contributed by atoms with Crippen molar-refractivity contribution in [3.63, 3.8) is 0 Å². The summed E-state index contributed by atoms with van der Waals surface area (Å²) < 4.78 is 22.9. The Balaban J connectivity index is 1.96. The molecule has 0 saturated heterocycles. The number of Topliss-reactive ketones (excluding diaryl/α,β-unsaturated/α-hetero) is 1. The lowest BCUT2D eigenvalue weighted by Crippen LogP contribution is -2.11. The topological polar surface area (TPSA) is 84.7 Å². The fraction of sp³-hybridized carbons (Fsp3) is 0.842. The summed E-state index contributed by atoms with van der Waals surface area (Å²) in [5.74, 6) is 0.486. The number of ether oxygens (including phenoxy) is 4. The standard InChI is InChI=1S/C19H35N3O5/c1-17(2)19(23)7-5-4-6-8-22-15-18(20-21-22)16-27-14-13-26-12-11-25-10-9-24-3/h15,17H,4-14,16H2,1-3H3. The average molecular weight is 386 g/mol. The molecule has 0 spiro atoms. The van der Waals surface area contributed by atoms with Crippen LogP contribution >= 0.6 is 0 Å². The zero-order valence-electron chi connectivity index (χ0n) is 17.0. The Labute approximate surface area is 162 Å². The second-order valence-electron chi connectivity index (χ2n) is 6.67. The molecule has 0 fully saturated rings. The van der Waals surface area contributed by atoms with Gasteiger partial charge in [-0.05, 0) is 12.8 Å². The zero-order chi connectivity index (χ0) is 19.7. The van der Waals surface area contributed by atoms with Crippen molar-refractivity contribution in [2.45, 2.75) is 52.7 Å². The van der Waals surface area contributed by atoms with E-state index in [4.69, 9.17) is 18.9 Å². The van der Waals surface area contributed by atoms with Crippen molar-refractivity contribution >= 4 is 5.78 Å². The van der Waals surface area contributed by atoms with Gasteiger partial charge in [-0.15, -0.1) is 5.10 Å². The van der Waals surface area contributed by atoms with Crippen LogP contribution in [0.1, 0.15) is 45.2 Å². The van der Waals surface area contributed by atoms with Gasteiger partial charge in [-0.25, -0.2) is 0 Å². The van der Waals surface area contributed by atoms with Gasteiger partial charge in [-0.1, -0.05) is 25.5 Å². The highest BCUT2D eigenvalue weighted by atomic mass is 16.6. The minimum atomic E-state index is 0.141. The van der Waals surface area contributed by atoms with Gasteiger partial charge in [0.25, 0.3) is 0 Å². The Kier molecular flexibility index (Phi) is 13.8. The SMILES string of the molecule is COCCOCCOCCOCc1cn(CCCCCC(=O)C(C)C)nn1. The van der Waals surface area contributed by atoms with Crippen molar-refractivity contribution in [3.8, 4) is 0 Å². The Bertz CT molecular complexity index is 493. The van der Waals surface area contributed by atoms with Crippen LogP contribution in [0.25, 0.3) is 0 Å². The summed E-state index contributed by atoms with van der Waals surface area (Å²) in [6, 6.07) is 0. The highest BCUT2D eigenvalue weighted by molar-refractivity contribution is 5.80. The molecule has 1 heterocycles. The molecule has 156 valence electrons. The van der Waals surface area contributed by atoms with Gasteiger partial charge in [-0.3, -0.25) is 9.48 Å². The number of methoxy groups -OCH3 is 1. The molecule has 8 nitrogen and oxygen atoms in total. The molecule has 0 N–H and O–H groups in total. The third kappa shape index (κ3) is 12.6. The first kappa shape index (κ1) is 23.7. The summed E-state index contributed by atoms with van der Waals surface area (Å²) in [5, 5.41) is 8.21. The number of hydrogen-bond donors (Lipinski definition) is 0. The van der Waals surface area contributed by atoms with E-state index in [-0.39, 0.29) is 5.92 Å². The number of carbonyl (C=O) groups excluding carboxylic acids is 1. The number of rotatable bonds is 18. The summed E-state index contributed by atoms with van der Waals surface area (Å²) in [7, 11) is 1.65. The normalized spacial score (nSPS) is 11.4. The van der Waals surface area contributed by atoms with E-state index in [9.17, 15) is 4.79 Å². The van der Waals surface area contributed by atoms with Gasteiger partial charge < -0.3 is 18.9 Å². The number of nitrogens with zero attached hydrogens (tertiary/aromatic N) is 3. The van der Waals surface area contributed by atoms with Gasteiger partial charge >= 0.3 is 0 Å². The molecule has 0 amide bonds. The van der Waals surface area contributed by atoms with Gasteiger partial charge in [0, 0.05) is 26.0 Å². The van der Waals surface area contributed by atoms with E-state index in [0.29, 0.717) is 58.5 Å². The van der Waals surface area contributed by atoms with Gasteiger partial charge in [0.2, 0.25) is 0 Å². The van der Waals surface area contributed by atoms with Crippen molar-refractivity contribution in [2.24, 2.45) is 5.92 Å². The molecule has 0 aliphatic heterocycles. The van der Waals surface area contributed by atoms with Crippen molar-refractivity contribution in [3.05, 3.63) is 11.9 Å². The molecular weight excluding hydrogens is 350 g/mol. The van der Waals surface area contributed by atoms with Gasteiger partial charge in [-0.2, -0.15) is 0 Å². The van der Waals surface area contributed by atoms with Gasteiger partial charge in [0.1, 0.15) is 11.5 Å². The molecule has 0 saturated carbocycles. The molecule has 1 aromatic rings. The van der Waals surface area contributed by atoms with Gasteiger partial charge in [0.15, 0.2) is 0 Å². The van der Waals surface area contributed by atoms with Crippen LogP contribution in [0, 0.1) is 5.92 Å². The summed E-state index contributed by atoms with van der Waals surface area (Å²) in [4.78, 5) is 11.6. The van der Waals surface area contributed by atoms with E-state index in [1.54, 1.807) is 7.11 Å². The first-order valence-corrected chi connectivity index (χ1v) is 9.77. The fourth-order valence-electron chi connectivity index (χ4n) is 2.31. The highest BCUT2D eigenvalue weighted by Crippen LogP contribution is 2.07. The highest BCUT2D eigenvalue weighted by Gasteiger charge is 2.06. The number of ketones is 1. The van der Waals surface area contributed by atoms with E-state index in [1.165, 1.54) is 0 Å². The van der Waals surface area contributed by atoms with Crippen molar-refractivity contribution in [2.75, 3.05) is 46.8 Å². The minimum Gasteiger partial charge on any atom is -0.382 e. The molecule has 27 heavy (non-hydrogen) atoms. The average Bonchev–Trinajstić information content (AvgIpc) is 3.10. The van der Waals surface area contributed by atoms with E-state index in [1.807, 2.05) is 24.7 Å². The third-order valence-electron chi connectivity index (χ3n) is 3.97. The fourth-order valence-corrected chi connectivity index (χ4v) is 2.31. The smallest absolute Gasteiger partial charge is 0.135 e. The first-order valence-electron chi connectivity index (χ1n) is 9.77. The second kappa shape index (κ2) is 15.7. The Morgan fingerprint density at radius 3 is 2.33 bits per heavy atom. The molecule has 0 aromatic carbocycles. The molecule has 1 rings (SSSR count). The number of carbonyl (C=O) groups is 1. The Morgan fingerprint density at radius 1 is 1.00 bits per heavy atom. The van der Waals surface area contributed by atoms with E-state index in [0.717, 1.165) is 31.5 Å². The summed E-state index contributed by atoms with van der Waals surface area (Å²) in [5.41, 5.74) is 0.813. The first-order chi connectivity index (χ1) is 13.1. The molecule has 0 unspecified atom stereocenters. The molecule has 0 aliphatic carbocycles. The zero-order valence-corrected chi connectivity index (χ0v) is 17.0. The van der Waals surface area contributed by atoms with E-state index < -0.39 is 0 Å². The predicted molar refractivity (Wildman–Crippen MR) is 102 cm³/mol. The summed E-state index contributed by atoms with van der Waals surface area (Å²) in [6.45, 7) is 8.47. The second-order valence-corrected chi connectivity index (χ2v) is 6.67. The van der Waals surface area contributed by atoms with Crippen LogP contribution in [0.2, 0.25) is 0 Å². The number of aromatic nitrogens is 3. The molecule has 0 bridgehead atoms. The van der Waals surface area contributed by atoms with Crippen molar-refractivity contribution < 1.29 is 23.7 Å². The van der Waals surface area contributed by atoms with Gasteiger partial charge in [0.05, 0.1) is 52.4 Å². The summed E-state index contributed by atoms with van der Waals surface area (Å²) in [6.07, 6.45) is 5.55. The van der Waals surface area contributed by atoms with Crippen LogP contribution < -0.4 is 0 Å². The molecular formula is C19H35N3O5. The lowest BCUT2D eigenvalue weighted by Gasteiger charge is -2.05. The molecule has 1 aromatic heterocycles. The maximum absolute atomic E-state index is 11.6. The minimum absolute atomic E-state index is 0.141. The lowest BCUT2D eigenvalue weighted by molar-refractivity contribution is -0.122. The maximum Gasteiger partial charge on any atom is 0.135 e. The molecule has 8 heteroatoms. The van der Waals surface area contributed by atoms with Crippen LogP contribution in [-0.4, -0.2) is 67.5 Å². The monoisotopic (exact) mass is 385 g/mol. The molecule has 0 atom stereocenters. The number of unbranched alkanes of at least 4 members (excludes halogenated alkanes) is 2. The van der Waals surface area contributed by atoms with Crippen LogP contribution in [0.4, 0.5) is 0 Å².